The minimum atomic E-state index is -4.02. The van der Waals surface area contributed by atoms with Crippen molar-refractivity contribution in [3.63, 3.8) is 0 Å². The lowest BCUT2D eigenvalue weighted by Crippen LogP contribution is -2.54. The Morgan fingerprint density at radius 3 is 2.48 bits per heavy atom. The van der Waals surface area contributed by atoms with Crippen molar-refractivity contribution in [3.8, 4) is 0 Å². The van der Waals surface area contributed by atoms with Crippen LogP contribution in [0, 0.1) is 11.7 Å². The smallest absolute Gasteiger partial charge is 0.322 e. The lowest BCUT2D eigenvalue weighted by atomic mass is 9.79. The molecule has 0 unspecified atom stereocenters. The summed E-state index contributed by atoms with van der Waals surface area (Å²) in [5.74, 6) is -1.60. The van der Waals surface area contributed by atoms with E-state index >= 15 is 0 Å². The predicted molar refractivity (Wildman–Crippen MR) is 88.0 cm³/mol. The number of sulfonamides is 1. The van der Waals surface area contributed by atoms with Crippen molar-refractivity contribution in [2.24, 2.45) is 5.92 Å². The molecule has 1 atom stereocenters. The van der Waals surface area contributed by atoms with Gasteiger partial charge in [-0.1, -0.05) is 17.7 Å². The number of imide groups is 1. The molecule has 2 aliphatic heterocycles. The summed E-state index contributed by atoms with van der Waals surface area (Å²) < 4.78 is 40.6. The normalized spacial score (nSPS) is 25.7. The summed E-state index contributed by atoms with van der Waals surface area (Å²) >= 11 is 5.67. The molecule has 10 heteroatoms. The Morgan fingerprint density at radius 1 is 1.28 bits per heavy atom. The van der Waals surface area contributed by atoms with Crippen molar-refractivity contribution >= 4 is 33.6 Å². The third-order valence-electron chi connectivity index (χ3n) is 4.88. The third kappa shape index (κ3) is 3.00. The highest BCUT2D eigenvalue weighted by molar-refractivity contribution is 7.89. The number of rotatable bonds is 3. The minimum absolute atomic E-state index is 0.123. The fourth-order valence-corrected chi connectivity index (χ4v) is 5.13. The van der Waals surface area contributed by atoms with E-state index in [0.29, 0.717) is 12.8 Å². The van der Waals surface area contributed by atoms with Gasteiger partial charge in [-0.3, -0.25) is 10.1 Å². The van der Waals surface area contributed by atoms with Crippen LogP contribution < -0.4 is 10.6 Å². The first-order valence-electron chi connectivity index (χ1n) is 7.74. The van der Waals surface area contributed by atoms with E-state index in [0.717, 1.165) is 0 Å². The molecule has 0 aliphatic carbocycles. The van der Waals surface area contributed by atoms with E-state index < -0.39 is 38.2 Å². The summed E-state index contributed by atoms with van der Waals surface area (Å²) in [7, 11) is -4.02. The van der Waals surface area contributed by atoms with E-state index in [1.54, 1.807) is 6.92 Å². The Labute approximate surface area is 149 Å². The fourth-order valence-electron chi connectivity index (χ4n) is 3.34. The Kier molecular flexibility index (Phi) is 4.50. The lowest BCUT2D eigenvalue weighted by Gasteiger charge is -2.38. The summed E-state index contributed by atoms with van der Waals surface area (Å²) in [5, 5.41) is 4.55. The van der Waals surface area contributed by atoms with E-state index in [4.69, 9.17) is 11.6 Å². The van der Waals surface area contributed by atoms with Crippen LogP contribution in [0.15, 0.2) is 23.1 Å². The zero-order chi connectivity index (χ0) is 18.4. The Bertz CT molecular complexity index is 839. The average Bonchev–Trinajstić information content (AvgIpc) is 2.83. The summed E-state index contributed by atoms with van der Waals surface area (Å²) in [6, 6.07) is 3.28. The van der Waals surface area contributed by atoms with Crippen molar-refractivity contribution in [3.05, 3.63) is 29.0 Å². The summed E-state index contributed by atoms with van der Waals surface area (Å²) in [6.45, 7) is 1.87. The Morgan fingerprint density at radius 2 is 1.92 bits per heavy atom. The second-order valence-electron chi connectivity index (χ2n) is 6.34. The number of halogens is 2. The fraction of sp³-hybridized carbons (Fsp3) is 0.467. The van der Waals surface area contributed by atoms with Crippen LogP contribution in [0.1, 0.15) is 19.8 Å². The number of amides is 3. The van der Waals surface area contributed by atoms with Gasteiger partial charge in [0.25, 0.3) is 5.91 Å². The number of piperidine rings is 1. The van der Waals surface area contributed by atoms with Gasteiger partial charge < -0.3 is 5.32 Å². The summed E-state index contributed by atoms with van der Waals surface area (Å²) in [4.78, 5) is 22.9. The molecule has 25 heavy (non-hydrogen) atoms. The number of nitrogens with zero attached hydrogens (tertiary/aromatic N) is 1. The van der Waals surface area contributed by atoms with Gasteiger partial charge in [-0.15, -0.1) is 0 Å². The SMILES string of the molecule is C[C@]1(C2CCN(S(=O)(=O)c3cccc(Cl)c3F)CC2)NC(=O)NC1=O. The molecule has 0 radical (unpaired) electrons. The van der Waals surface area contributed by atoms with Gasteiger partial charge in [0.1, 0.15) is 10.4 Å². The molecule has 2 N–H and O–H groups in total. The van der Waals surface area contributed by atoms with Crippen LogP contribution in [0.3, 0.4) is 0 Å². The molecule has 0 aromatic heterocycles. The first kappa shape index (κ1) is 18.1. The molecule has 2 fully saturated rings. The van der Waals surface area contributed by atoms with Crippen molar-refractivity contribution < 1.29 is 22.4 Å². The minimum Gasteiger partial charge on any atom is -0.323 e. The molecular formula is C15H17ClFN3O4S. The van der Waals surface area contributed by atoms with Gasteiger partial charge in [0, 0.05) is 13.1 Å². The van der Waals surface area contributed by atoms with Gasteiger partial charge in [0.05, 0.1) is 5.02 Å². The largest absolute Gasteiger partial charge is 0.323 e. The standard InChI is InChI=1S/C15H17ClFN3O4S/c1-15(13(21)18-14(22)19-15)9-5-7-20(8-6-9)25(23,24)11-4-2-3-10(16)12(11)17/h2-4,9H,5-8H2,1H3,(H2,18,19,21,22)/t15-/m1/s1. The number of carbonyl (C=O) groups is 2. The first-order chi connectivity index (χ1) is 11.7. The second kappa shape index (κ2) is 6.22. The number of hydrogen-bond donors (Lipinski definition) is 2. The van der Waals surface area contributed by atoms with Crippen LogP contribution in [-0.4, -0.2) is 43.3 Å². The highest BCUT2D eigenvalue weighted by atomic mass is 35.5. The molecule has 1 aromatic rings. The molecule has 2 heterocycles. The zero-order valence-electron chi connectivity index (χ0n) is 13.4. The molecule has 0 bridgehead atoms. The predicted octanol–water partition coefficient (Wildman–Crippen LogP) is 1.48. The maximum absolute atomic E-state index is 14.1. The molecule has 136 valence electrons. The molecule has 0 saturated carbocycles. The monoisotopic (exact) mass is 389 g/mol. The topological polar surface area (TPSA) is 95.6 Å². The first-order valence-corrected chi connectivity index (χ1v) is 9.56. The maximum Gasteiger partial charge on any atom is 0.322 e. The summed E-state index contributed by atoms with van der Waals surface area (Å²) in [6.07, 6.45) is 0.733. The molecule has 1 aromatic carbocycles. The number of urea groups is 1. The van der Waals surface area contributed by atoms with Crippen LogP contribution >= 0.6 is 11.6 Å². The number of carbonyl (C=O) groups excluding carboxylic acids is 2. The van der Waals surface area contributed by atoms with Gasteiger partial charge >= 0.3 is 6.03 Å². The van der Waals surface area contributed by atoms with E-state index in [2.05, 4.69) is 10.6 Å². The van der Waals surface area contributed by atoms with E-state index in [1.165, 1.54) is 22.5 Å². The molecule has 2 aliphatic rings. The van der Waals surface area contributed by atoms with Crippen molar-refractivity contribution in [1.82, 2.24) is 14.9 Å². The van der Waals surface area contributed by atoms with Crippen LogP contribution in [-0.2, 0) is 14.8 Å². The summed E-state index contributed by atoms with van der Waals surface area (Å²) in [5.41, 5.74) is -1.06. The van der Waals surface area contributed by atoms with Gasteiger partial charge in [-0.2, -0.15) is 4.31 Å². The van der Waals surface area contributed by atoms with Gasteiger partial charge in [-0.05, 0) is 37.8 Å². The lowest BCUT2D eigenvalue weighted by molar-refractivity contribution is -0.125. The zero-order valence-corrected chi connectivity index (χ0v) is 15.0. The van der Waals surface area contributed by atoms with Gasteiger partial charge in [0.2, 0.25) is 10.0 Å². The molecule has 3 amide bonds. The van der Waals surface area contributed by atoms with Gasteiger partial charge in [0.15, 0.2) is 5.82 Å². The van der Waals surface area contributed by atoms with E-state index in [9.17, 15) is 22.4 Å². The Hall–Kier alpha value is -1.71. The van der Waals surface area contributed by atoms with Crippen LogP contribution in [0.2, 0.25) is 5.02 Å². The van der Waals surface area contributed by atoms with Crippen molar-refractivity contribution in [2.45, 2.75) is 30.2 Å². The number of hydrogen-bond acceptors (Lipinski definition) is 4. The number of nitrogens with one attached hydrogen (secondary N) is 2. The highest BCUT2D eigenvalue weighted by Gasteiger charge is 2.49. The van der Waals surface area contributed by atoms with Crippen molar-refractivity contribution in [2.75, 3.05) is 13.1 Å². The van der Waals surface area contributed by atoms with E-state index in [-0.39, 0.29) is 24.0 Å². The molecule has 2 saturated heterocycles. The van der Waals surface area contributed by atoms with Crippen molar-refractivity contribution in [1.29, 1.82) is 0 Å². The third-order valence-corrected chi connectivity index (χ3v) is 7.08. The second-order valence-corrected chi connectivity index (χ2v) is 8.65. The average molecular weight is 390 g/mol. The van der Waals surface area contributed by atoms with Crippen LogP contribution in [0.25, 0.3) is 0 Å². The van der Waals surface area contributed by atoms with Crippen LogP contribution in [0.4, 0.5) is 9.18 Å². The molecule has 3 rings (SSSR count). The quantitative estimate of drug-likeness (QED) is 0.765. The van der Waals surface area contributed by atoms with Crippen LogP contribution in [0.5, 0.6) is 0 Å². The highest BCUT2D eigenvalue weighted by Crippen LogP contribution is 2.33. The van der Waals surface area contributed by atoms with Gasteiger partial charge in [-0.25, -0.2) is 17.6 Å². The van der Waals surface area contributed by atoms with E-state index in [1.807, 2.05) is 0 Å². The Balaban J connectivity index is 1.77. The number of benzene rings is 1. The molecule has 7 nitrogen and oxygen atoms in total. The maximum atomic E-state index is 14.1. The molecule has 0 spiro atoms. The molecular weight excluding hydrogens is 373 g/mol.